The minimum absolute atomic E-state index is 0.331. The summed E-state index contributed by atoms with van der Waals surface area (Å²) < 4.78 is 15.1. The standard InChI is InChI=1S/C17H24FN5O/c1-17(2,13-6-5-7-14(18)12-13)20-16(24)19-15-8-9-23(21-15)11-10-22(3)4/h5-9,12H,10-11H2,1-4H3,(H2,19,20,21,24). The first-order valence-electron chi connectivity index (χ1n) is 7.80. The van der Waals surface area contributed by atoms with Crippen molar-refractivity contribution in [2.45, 2.75) is 25.9 Å². The van der Waals surface area contributed by atoms with Crippen LogP contribution in [0.4, 0.5) is 15.0 Å². The lowest BCUT2D eigenvalue weighted by Crippen LogP contribution is -2.43. The average Bonchev–Trinajstić information content (AvgIpc) is 2.92. The van der Waals surface area contributed by atoms with E-state index in [1.165, 1.54) is 12.1 Å². The number of amides is 2. The van der Waals surface area contributed by atoms with Crippen LogP contribution in [-0.4, -0.2) is 41.4 Å². The molecule has 0 saturated carbocycles. The van der Waals surface area contributed by atoms with Crippen LogP contribution in [0.2, 0.25) is 0 Å². The Labute approximate surface area is 141 Å². The number of carbonyl (C=O) groups is 1. The normalized spacial score (nSPS) is 11.6. The molecular formula is C17H24FN5O. The monoisotopic (exact) mass is 333 g/mol. The van der Waals surface area contributed by atoms with Gasteiger partial charge in [-0.1, -0.05) is 12.1 Å². The van der Waals surface area contributed by atoms with Gasteiger partial charge in [-0.2, -0.15) is 5.10 Å². The van der Waals surface area contributed by atoms with Gasteiger partial charge in [0.25, 0.3) is 0 Å². The van der Waals surface area contributed by atoms with Crippen molar-refractivity contribution >= 4 is 11.8 Å². The van der Waals surface area contributed by atoms with Gasteiger partial charge in [-0.05, 0) is 45.6 Å². The van der Waals surface area contributed by atoms with E-state index in [1.54, 1.807) is 22.9 Å². The molecule has 0 spiro atoms. The lowest BCUT2D eigenvalue weighted by atomic mass is 9.94. The third-order valence-electron chi connectivity index (χ3n) is 3.63. The van der Waals surface area contributed by atoms with E-state index in [0.717, 1.165) is 13.1 Å². The second-order valence-electron chi connectivity index (χ2n) is 6.48. The van der Waals surface area contributed by atoms with Gasteiger partial charge in [0.1, 0.15) is 5.82 Å². The SMILES string of the molecule is CN(C)CCn1ccc(NC(=O)NC(C)(C)c2cccc(F)c2)n1. The third kappa shape index (κ3) is 5.06. The summed E-state index contributed by atoms with van der Waals surface area (Å²) in [6.07, 6.45) is 1.82. The Hall–Kier alpha value is -2.41. The fourth-order valence-electron chi connectivity index (χ4n) is 2.24. The maximum absolute atomic E-state index is 13.4. The van der Waals surface area contributed by atoms with E-state index >= 15 is 0 Å². The number of nitrogens with zero attached hydrogens (tertiary/aromatic N) is 3. The van der Waals surface area contributed by atoms with Crippen molar-refractivity contribution in [3.05, 3.63) is 47.9 Å². The fraction of sp³-hybridized carbons (Fsp3) is 0.412. The highest BCUT2D eigenvalue weighted by molar-refractivity contribution is 5.88. The largest absolute Gasteiger partial charge is 0.329 e. The molecule has 0 unspecified atom stereocenters. The summed E-state index contributed by atoms with van der Waals surface area (Å²) in [4.78, 5) is 14.2. The zero-order valence-corrected chi connectivity index (χ0v) is 14.5. The predicted octanol–water partition coefficient (Wildman–Crippen LogP) is 2.64. The lowest BCUT2D eigenvalue weighted by Gasteiger charge is -2.26. The molecule has 130 valence electrons. The Morgan fingerprint density at radius 1 is 1.33 bits per heavy atom. The van der Waals surface area contributed by atoms with E-state index < -0.39 is 5.54 Å². The molecular weight excluding hydrogens is 309 g/mol. The summed E-state index contributed by atoms with van der Waals surface area (Å²) in [6, 6.07) is 7.54. The number of anilines is 1. The van der Waals surface area contributed by atoms with Crippen LogP contribution >= 0.6 is 0 Å². The molecule has 2 N–H and O–H groups in total. The molecule has 0 saturated heterocycles. The molecule has 1 aromatic heterocycles. The second-order valence-corrected chi connectivity index (χ2v) is 6.48. The Balaban J connectivity index is 1.95. The Morgan fingerprint density at radius 3 is 2.75 bits per heavy atom. The van der Waals surface area contributed by atoms with Gasteiger partial charge < -0.3 is 10.2 Å². The van der Waals surface area contributed by atoms with Gasteiger partial charge in [0.2, 0.25) is 0 Å². The topological polar surface area (TPSA) is 62.2 Å². The second kappa shape index (κ2) is 7.44. The van der Waals surface area contributed by atoms with Crippen LogP contribution in [0.3, 0.4) is 0 Å². The van der Waals surface area contributed by atoms with Crippen LogP contribution in [-0.2, 0) is 12.1 Å². The van der Waals surface area contributed by atoms with Gasteiger partial charge in [-0.25, -0.2) is 9.18 Å². The first-order chi connectivity index (χ1) is 11.3. The van der Waals surface area contributed by atoms with Crippen molar-refractivity contribution in [2.24, 2.45) is 0 Å². The molecule has 0 atom stereocenters. The Bertz CT molecular complexity index is 696. The summed E-state index contributed by atoms with van der Waals surface area (Å²) in [6.45, 7) is 5.24. The number of nitrogens with one attached hydrogen (secondary N) is 2. The van der Waals surface area contributed by atoms with Crippen LogP contribution < -0.4 is 10.6 Å². The highest BCUT2D eigenvalue weighted by Gasteiger charge is 2.23. The Morgan fingerprint density at radius 2 is 2.08 bits per heavy atom. The first kappa shape index (κ1) is 17.9. The van der Waals surface area contributed by atoms with Crippen molar-refractivity contribution < 1.29 is 9.18 Å². The first-order valence-corrected chi connectivity index (χ1v) is 7.80. The van der Waals surface area contributed by atoms with Crippen molar-refractivity contribution in [1.82, 2.24) is 20.0 Å². The predicted molar refractivity (Wildman–Crippen MR) is 92.4 cm³/mol. The van der Waals surface area contributed by atoms with Crippen molar-refractivity contribution in [3.63, 3.8) is 0 Å². The smallest absolute Gasteiger partial charge is 0.321 e. The van der Waals surface area contributed by atoms with E-state index in [4.69, 9.17) is 0 Å². The van der Waals surface area contributed by atoms with Gasteiger partial charge in [-0.15, -0.1) is 0 Å². The molecule has 7 heteroatoms. The number of likely N-dealkylation sites (N-methyl/N-ethyl adjacent to an activating group) is 1. The molecule has 2 aromatic rings. The van der Waals surface area contributed by atoms with Crippen LogP contribution in [0.5, 0.6) is 0 Å². The van der Waals surface area contributed by atoms with E-state index in [2.05, 4.69) is 20.6 Å². The number of urea groups is 1. The van der Waals surface area contributed by atoms with E-state index in [0.29, 0.717) is 11.4 Å². The number of hydrogen-bond donors (Lipinski definition) is 2. The summed E-state index contributed by atoms with van der Waals surface area (Å²) in [5, 5.41) is 9.83. The summed E-state index contributed by atoms with van der Waals surface area (Å²) in [5.74, 6) is 0.142. The molecule has 2 amide bonds. The van der Waals surface area contributed by atoms with Gasteiger partial charge in [0.15, 0.2) is 5.82 Å². The summed E-state index contributed by atoms with van der Waals surface area (Å²) in [7, 11) is 3.98. The number of halogens is 1. The molecule has 0 aliphatic rings. The zero-order chi connectivity index (χ0) is 17.7. The molecule has 0 aliphatic heterocycles. The van der Waals surface area contributed by atoms with E-state index in [9.17, 15) is 9.18 Å². The molecule has 6 nitrogen and oxygen atoms in total. The molecule has 0 radical (unpaired) electrons. The van der Waals surface area contributed by atoms with Crippen LogP contribution in [0.1, 0.15) is 19.4 Å². The Kier molecular flexibility index (Phi) is 5.56. The van der Waals surface area contributed by atoms with Crippen LogP contribution in [0, 0.1) is 5.82 Å². The zero-order valence-electron chi connectivity index (χ0n) is 14.5. The van der Waals surface area contributed by atoms with E-state index in [-0.39, 0.29) is 11.8 Å². The maximum atomic E-state index is 13.4. The number of aromatic nitrogens is 2. The highest BCUT2D eigenvalue weighted by Crippen LogP contribution is 2.20. The molecule has 1 heterocycles. The molecule has 1 aromatic carbocycles. The van der Waals surface area contributed by atoms with Gasteiger partial charge in [-0.3, -0.25) is 10.00 Å². The van der Waals surface area contributed by atoms with Gasteiger partial charge in [0.05, 0.1) is 12.1 Å². The molecule has 0 aliphatic carbocycles. The third-order valence-corrected chi connectivity index (χ3v) is 3.63. The fourth-order valence-corrected chi connectivity index (χ4v) is 2.24. The van der Waals surface area contributed by atoms with E-state index in [1.807, 2.05) is 34.1 Å². The summed E-state index contributed by atoms with van der Waals surface area (Å²) in [5.41, 5.74) is -0.0196. The minimum Gasteiger partial charge on any atom is -0.329 e. The number of benzene rings is 1. The van der Waals surface area contributed by atoms with Crippen molar-refractivity contribution in [3.8, 4) is 0 Å². The van der Waals surface area contributed by atoms with Gasteiger partial charge >= 0.3 is 6.03 Å². The molecule has 0 bridgehead atoms. The van der Waals surface area contributed by atoms with Crippen molar-refractivity contribution in [2.75, 3.05) is 26.0 Å². The van der Waals surface area contributed by atoms with Crippen LogP contribution in [0.25, 0.3) is 0 Å². The highest BCUT2D eigenvalue weighted by atomic mass is 19.1. The maximum Gasteiger partial charge on any atom is 0.321 e. The number of carbonyl (C=O) groups excluding carboxylic acids is 1. The quantitative estimate of drug-likeness (QED) is 0.854. The molecule has 2 rings (SSSR count). The summed E-state index contributed by atoms with van der Waals surface area (Å²) >= 11 is 0. The number of rotatable bonds is 6. The van der Waals surface area contributed by atoms with Crippen LogP contribution in [0.15, 0.2) is 36.5 Å². The molecule has 24 heavy (non-hydrogen) atoms. The molecule has 0 fully saturated rings. The lowest BCUT2D eigenvalue weighted by molar-refractivity contribution is 0.241. The average molecular weight is 333 g/mol. The van der Waals surface area contributed by atoms with Crippen molar-refractivity contribution in [1.29, 1.82) is 0 Å². The van der Waals surface area contributed by atoms with Gasteiger partial charge in [0, 0.05) is 18.8 Å². The minimum atomic E-state index is -0.709. The number of hydrogen-bond acceptors (Lipinski definition) is 3.